The van der Waals surface area contributed by atoms with Gasteiger partial charge in [-0.3, -0.25) is 4.79 Å². The number of fused-ring (bicyclic) bond motifs is 3. The van der Waals surface area contributed by atoms with Gasteiger partial charge in [0.2, 0.25) is 0 Å². The Morgan fingerprint density at radius 3 is 2.50 bits per heavy atom. The van der Waals surface area contributed by atoms with Crippen LogP contribution in [0.1, 0.15) is 42.7 Å². The lowest BCUT2D eigenvalue weighted by atomic mass is 9.98. The van der Waals surface area contributed by atoms with Crippen LogP contribution in [0.15, 0.2) is 36.4 Å². The number of amides is 1. The second kappa shape index (κ2) is 4.08. The summed E-state index contributed by atoms with van der Waals surface area (Å²) in [5.74, 6) is -0.0455. The molecular formula is C17H16N2O. The summed E-state index contributed by atoms with van der Waals surface area (Å²) in [7, 11) is 0. The topological polar surface area (TPSA) is 44.1 Å². The van der Waals surface area contributed by atoms with Crippen LogP contribution in [0, 0.1) is 11.3 Å². The summed E-state index contributed by atoms with van der Waals surface area (Å²) < 4.78 is 0. The zero-order valence-corrected chi connectivity index (χ0v) is 11.8. The van der Waals surface area contributed by atoms with E-state index in [-0.39, 0.29) is 11.4 Å². The first-order valence-electron chi connectivity index (χ1n) is 6.70. The summed E-state index contributed by atoms with van der Waals surface area (Å²) in [5.41, 5.74) is 1.13. The molecule has 1 heterocycles. The standard InChI is InChI=1S/C17H16N2O/c1-17(2,3)19-14(10-18)13-9-8-11-6-4-5-7-12(11)15(13)16(19)20/h4-9,14H,1-3H3. The number of hydrogen-bond acceptors (Lipinski definition) is 2. The van der Waals surface area contributed by atoms with Crippen molar-refractivity contribution in [3.63, 3.8) is 0 Å². The van der Waals surface area contributed by atoms with E-state index >= 15 is 0 Å². The molecule has 3 nitrogen and oxygen atoms in total. The Hall–Kier alpha value is -2.34. The quantitative estimate of drug-likeness (QED) is 0.729. The third-order valence-electron chi connectivity index (χ3n) is 3.79. The highest BCUT2D eigenvalue weighted by molar-refractivity contribution is 6.11. The molecule has 0 aromatic heterocycles. The molecule has 1 unspecified atom stereocenters. The molecule has 2 aromatic carbocycles. The lowest BCUT2D eigenvalue weighted by molar-refractivity contribution is 0.0569. The summed E-state index contributed by atoms with van der Waals surface area (Å²) in [5, 5.41) is 11.5. The van der Waals surface area contributed by atoms with E-state index < -0.39 is 6.04 Å². The second-order valence-corrected chi connectivity index (χ2v) is 6.13. The summed E-state index contributed by atoms with van der Waals surface area (Å²) >= 11 is 0. The van der Waals surface area contributed by atoms with Gasteiger partial charge >= 0.3 is 0 Å². The Morgan fingerprint density at radius 2 is 1.85 bits per heavy atom. The van der Waals surface area contributed by atoms with Gasteiger partial charge in [0, 0.05) is 11.1 Å². The van der Waals surface area contributed by atoms with Crippen LogP contribution in [0.2, 0.25) is 0 Å². The minimum Gasteiger partial charge on any atom is -0.314 e. The zero-order valence-electron chi connectivity index (χ0n) is 11.8. The molecule has 0 fully saturated rings. The van der Waals surface area contributed by atoms with Gasteiger partial charge in [0.05, 0.1) is 11.6 Å². The van der Waals surface area contributed by atoms with Crippen molar-refractivity contribution in [1.29, 1.82) is 5.26 Å². The molecule has 0 radical (unpaired) electrons. The number of hydrogen-bond donors (Lipinski definition) is 0. The molecule has 1 aliphatic rings. The number of carbonyl (C=O) groups excluding carboxylic acids is 1. The van der Waals surface area contributed by atoms with Crippen LogP contribution < -0.4 is 0 Å². The Morgan fingerprint density at radius 1 is 1.15 bits per heavy atom. The maximum absolute atomic E-state index is 12.8. The van der Waals surface area contributed by atoms with Crippen LogP contribution in [-0.4, -0.2) is 16.3 Å². The van der Waals surface area contributed by atoms with Crippen molar-refractivity contribution in [3.8, 4) is 6.07 Å². The monoisotopic (exact) mass is 264 g/mol. The first-order valence-corrected chi connectivity index (χ1v) is 6.70. The number of rotatable bonds is 0. The molecule has 100 valence electrons. The van der Waals surface area contributed by atoms with Crippen LogP contribution in [0.3, 0.4) is 0 Å². The van der Waals surface area contributed by atoms with Gasteiger partial charge in [0.1, 0.15) is 6.04 Å². The minimum absolute atomic E-state index is 0.0455. The van der Waals surface area contributed by atoms with Gasteiger partial charge in [-0.2, -0.15) is 5.26 Å². The Balaban J connectivity index is 2.32. The Kier molecular flexibility index (Phi) is 2.58. The summed E-state index contributed by atoms with van der Waals surface area (Å²) in [6.45, 7) is 5.88. The molecule has 20 heavy (non-hydrogen) atoms. The van der Waals surface area contributed by atoms with Crippen molar-refractivity contribution in [2.24, 2.45) is 0 Å². The molecule has 0 saturated carbocycles. The number of carbonyl (C=O) groups is 1. The van der Waals surface area contributed by atoms with Crippen molar-refractivity contribution in [2.75, 3.05) is 0 Å². The van der Waals surface area contributed by atoms with E-state index in [1.165, 1.54) is 0 Å². The van der Waals surface area contributed by atoms with Crippen LogP contribution in [0.25, 0.3) is 10.8 Å². The third-order valence-corrected chi connectivity index (χ3v) is 3.79. The average molecular weight is 264 g/mol. The van der Waals surface area contributed by atoms with E-state index in [1.807, 2.05) is 57.2 Å². The minimum atomic E-state index is -0.498. The molecule has 0 aliphatic carbocycles. The van der Waals surface area contributed by atoms with Gasteiger partial charge in [-0.25, -0.2) is 0 Å². The first kappa shape index (κ1) is 12.7. The summed E-state index contributed by atoms with van der Waals surface area (Å²) in [6.07, 6.45) is 0. The maximum Gasteiger partial charge on any atom is 0.256 e. The Labute approximate surface area is 118 Å². The SMILES string of the molecule is CC(C)(C)N1C(=O)c2c(ccc3ccccc23)C1C#N. The van der Waals surface area contributed by atoms with Gasteiger partial charge in [0.15, 0.2) is 0 Å². The fraction of sp³-hybridized carbons (Fsp3) is 0.294. The van der Waals surface area contributed by atoms with E-state index in [0.29, 0.717) is 5.56 Å². The van der Waals surface area contributed by atoms with Crippen LogP contribution in [0.4, 0.5) is 0 Å². The number of nitrogens with zero attached hydrogens (tertiary/aromatic N) is 2. The van der Waals surface area contributed by atoms with E-state index in [9.17, 15) is 10.1 Å². The lowest BCUT2D eigenvalue weighted by Gasteiger charge is -2.34. The normalized spacial score (nSPS) is 18.2. The van der Waals surface area contributed by atoms with Gasteiger partial charge in [0.25, 0.3) is 5.91 Å². The molecule has 0 N–H and O–H groups in total. The van der Waals surface area contributed by atoms with Gasteiger partial charge < -0.3 is 4.90 Å². The smallest absolute Gasteiger partial charge is 0.256 e. The fourth-order valence-corrected chi connectivity index (χ4v) is 2.95. The molecule has 2 aromatic rings. The van der Waals surface area contributed by atoms with E-state index in [1.54, 1.807) is 4.90 Å². The molecule has 0 bridgehead atoms. The predicted molar refractivity (Wildman–Crippen MR) is 78.2 cm³/mol. The van der Waals surface area contributed by atoms with Gasteiger partial charge in [-0.15, -0.1) is 0 Å². The molecule has 1 amide bonds. The first-order chi connectivity index (χ1) is 9.45. The molecule has 1 aliphatic heterocycles. The van der Waals surface area contributed by atoms with E-state index in [0.717, 1.165) is 16.3 Å². The van der Waals surface area contributed by atoms with E-state index in [2.05, 4.69) is 6.07 Å². The molecule has 1 atom stereocenters. The third kappa shape index (κ3) is 1.61. The van der Waals surface area contributed by atoms with Crippen molar-refractivity contribution >= 4 is 16.7 Å². The molecular weight excluding hydrogens is 248 g/mol. The second-order valence-electron chi connectivity index (χ2n) is 6.13. The van der Waals surface area contributed by atoms with Crippen LogP contribution in [-0.2, 0) is 0 Å². The van der Waals surface area contributed by atoms with Crippen molar-refractivity contribution < 1.29 is 4.79 Å². The van der Waals surface area contributed by atoms with Crippen molar-refractivity contribution in [1.82, 2.24) is 4.90 Å². The largest absolute Gasteiger partial charge is 0.314 e. The zero-order chi connectivity index (χ0) is 14.5. The van der Waals surface area contributed by atoms with Crippen LogP contribution >= 0.6 is 0 Å². The molecule has 3 heteroatoms. The highest BCUT2D eigenvalue weighted by Gasteiger charge is 2.43. The summed E-state index contributed by atoms with van der Waals surface area (Å²) in [6, 6.07) is 13.5. The van der Waals surface area contributed by atoms with Gasteiger partial charge in [-0.05, 0) is 31.5 Å². The maximum atomic E-state index is 12.8. The molecule has 0 spiro atoms. The number of nitriles is 1. The van der Waals surface area contributed by atoms with Crippen LogP contribution in [0.5, 0.6) is 0 Å². The number of benzene rings is 2. The highest BCUT2D eigenvalue weighted by Crippen LogP contribution is 2.41. The molecule has 3 rings (SSSR count). The predicted octanol–water partition coefficient (Wildman–Crippen LogP) is 3.66. The van der Waals surface area contributed by atoms with Crippen molar-refractivity contribution in [3.05, 3.63) is 47.5 Å². The lowest BCUT2D eigenvalue weighted by Crippen LogP contribution is -2.43. The van der Waals surface area contributed by atoms with E-state index in [4.69, 9.17) is 0 Å². The van der Waals surface area contributed by atoms with Gasteiger partial charge in [-0.1, -0.05) is 36.4 Å². The Bertz CT molecular complexity index is 750. The highest BCUT2D eigenvalue weighted by atomic mass is 16.2. The summed E-state index contributed by atoms with van der Waals surface area (Å²) in [4.78, 5) is 14.5. The molecule has 0 saturated heterocycles. The van der Waals surface area contributed by atoms with Crippen molar-refractivity contribution in [2.45, 2.75) is 32.4 Å². The average Bonchev–Trinajstić information content (AvgIpc) is 2.71. The fourth-order valence-electron chi connectivity index (χ4n) is 2.95.